The summed E-state index contributed by atoms with van der Waals surface area (Å²) in [6.45, 7) is 2.32. The Balaban J connectivity index is 1.62. The molecule has 2 aromatic rings. The van der Waals surface area contributed by atoms with Crippen LogP contribution in [0.1, 0.15) is 43.7 Å². The summed E-state index contributed by atoms with van der Waals surface area (Å²) in [5, 5.41) is 4.33. The van der Waals surface area contributed by atoms with Crippen LogP contribution in [0.25, 0.3) is 0 Å². The highest BCUT2D eigenvalue weighted by atomic mass is 35.5. The summed E-state index contributed by atoms with van der Waals surface area (Å²) in [6.07, 6.45) is 5.04. The Morgan fingerprint density at radius 3 is 2.38 bits per heavy atom. The lowest BCUT2D eigenvalue weighted by Gasteiger charge is -2.29. The van der Waals surface area contributed by atoms with E-state index in [1.165, 1.54) is 11.8 Å². The molecule has 0 spiro atoms. The van der Waals surface area contributed by atoms with Crippen LogP contribution in [0.5, 0.6) is 0 Å². The van der Waals surface area contributed by atoms with E-state index in [0.29, 0.717) is 28.8 Å². The molecule has 1 fully saturated rings. The molecule has 172 valence electrons. The van der Waals surface area contributed by atoms with Crippen molar-refractivity contribution in [3.8, 4) is 0 Å². The molecule has 2 aromatic carbocycles. The fourth-order valence-electron chi connectivity index (χ4n) is 3.96. The second kappa shape index (κ2) is 12.5. The van der Waals surface area contributed by atoms with Crippen molar-refractivity contribution < 1.29 is 9.59 Å². The molecular formula is C25H30Cl2N2O2S. The van der Waals surface area contributed by atoms with Gasteiger partial charge < -0.3 is 10.2 Å². The lowest BCUT2D eigenvalue weighted by molar-refractivity contribution is -0.138. The Hall–Kier alpha value is -1.69. The van der Waals surface area contributed by atoms with Crippen molar-refractivity contribution in [1.29, 1.82) is 0 Å². The Morgan fingerprint density at radius 2 is 1.72 bits per heavy atom. The first-order chi connectivity index (χ1) is 15.5. The van der Waals surface area contributed by atoms with E-state index in [-0.39, 0.29) is 23.6 Å². The van der Waals surface area contributed by atoms with Gasteiger partial charge >= 0.3 is 0 Å². The maximum absolute atomic E-state index is 13.2. The lowest BCUT2D eigenvalue weighted by atomic mass is 10.1. The number of nitrogens with one attached hydrogen (secondary N) is 1. The van der Waals surface area contributed by atoms with Crippen molar-refractivity contribution in [1.82, 2.24) is 10.2 Å². The first-order valence-electron chi connectivity index (χ1n) is 11.1. The summed E-state index contributed by atoms with van der Waals surface area (Å²) in [6, 6.07) is 15.1. The third kappa shape index (κ3) is 7.16. The molecule has 1 aliphatic carbocycles. The van der Waals surface area contributed by atoms with Crippen molar-refractivity contribution >= 4 is 46.8 Å². The molecule has 0 aliphatic heterocycles. The van der Waals surface area contributed by atoms with Crippen molar-refractivity contribution in [2.45, 2.75) is 56.9 Å². The summed E-state index contributed by atoms with van der Waals surface area (Å²) < 4.78 is 0. The number of rotatable bonds is 10. The molecule has 3 rings (SSSR count). The Kier molecular flexibility index (Phi) is 9.76. The monoisotopic (exact) mass is 492 g/mol. The fourth-order valence-corrected chi connectivity index (χ4v) is 5.60. The van der Waals surface area contributed by atoms with Crippen LogP contribution in [0.3, 0.4) is 0 Å². The maximum atomic E-state index is 13.2. The highest BCUT2D eigenvalue weighted by Gasteiger charge is 2.28. The molecule has 1 saturated carbocycles. The number of amides is 2. The zero-order valence-electron chi connectivity index (χ0n) is 18.4. The standard InChI is InChI=1S/C25H30Cl2N2O2S/c1-18(25(31)28-20-10-5-6-11-20)29(15-14-19-8-3-2-4-9-19)24(30)17-32-16-21-22(26)12-7-13-23(21)27/h2-4,7-9,12-13,18,20H,5-6,10-11,14-17H2,1H3,(H,28,31)/t18-/m1/s1. The number of halogens is 2. The Labute approximate surface area is 205 Å². The quantitative estimate of drug-likeness (QED) is 0.459. The third-order valence-electron chi connectivity index (χ3n) is 5.89. The van der Waals surface area contributed by atoms with Gasteiger partial charge in [-0.2, -0.15) is 0 Å². The molecule has 0 unspecified atom stereocenters. The molecule has 32 heavy (non-hydrogen) atoms. The van der Waals surface area contributed by atoms with E-state index >= 15 is 0 Å². The van der Waals surface area contributed by atoms with Gasteiger partial charge in [0.05, 0.1) is 5.75 Å². The topological polar surface area (TPSA) is 49.4 Å². The summed E-state index contributed by atoms with van der Waals surface area (Å²) >= 11 is 14.0. The van der Waals surface area contributed by atoms with Crippen LogP contribution in [-0.4, -0.2) is 41.1 Å². The predicted molar refractivity (Wildman–Crippen MR) is 134 cm³/mol. The van der Waals surface area contributed by atoms with E-state index in [1.54, 1.807) is 23.1 Å². The molecule has 0 heterocycles. The molecule has 4 nitrogen and oxygen atoms in total. The van der Waals surface area contributed by atoms with Gasteiger partial charge in [0.2, 0.25) is 11.8 Å². The number of carbonyl (C=O) groups excluding carboxylic acids is 2. The average molecular weight is 494 g/mol. The minimum absolute atomic E-state index is 0.0526. The van der Waals surface area contributed by atoms with Gasteiger partial charge in [-0.1, -0.05) is 72.4 Å². The largest absolute Gasteiger partial charge is 0.352 e. The average Bonchev–Trinajstić information content (AvgIpc) is 3.29. The molecule has 0 saturated heterocycles. The summed E-state index contributed by atoms with van der Waals surface area (Å²) in [5.41, 5.74) is 1.97. The Morgan fingerprint density at radius 1 is 1.06 bits per heavy atom. The number of carbonyl (C=O) groups is 2. The van der Waals surface area contributed by atoms with Crippen molar-refractivity contribution in [2.75, 3.05) is 12.3 Å². The normalized spacial score (nSPS) is 14.8. The van der Waals surface area contributed by atoms with Crippen LogP contribution in [0.2, 0.25) is 10.0 Å². The minimum atomic E-state index is -0.517. The van der Waals surface area contributed by atoms with Crippen molar-refractivity contribution in [3.05, 3.63) is 69.7 Å². The second-order valence-corrected chi connectivity index (χ2v) is 9.98. The van der Waals surface area contributed by atoms with E-state index in [9.17, 15) is 9.59 Å². The number of hydrogen-bond donors (Lipinski definition) is 1. The minimum Gasteiger partial charge on any atom is -0.352 e. The molecule has 7 heteroatoms. The second-order valence-electron chi connectivity index (χ2n) is 8.18. The van der Waals surface area contributed by atoms with Gasteiger partial charge in [-0.3, -0.25) is 9.59 Å². The molecule has 1 N–H and O–H groups in total. The first-order valence-corrected chi connectivity index (χ1v) is 13.0. The van der Waals surface area contributed by atoms with Crippen LogP contribution >= 0.6 is 35.0 Å². The molecule has 0 bridgehead atoms. The number of benzene rings is 2. The summed E-state index contributed by atoms with van der Waals surface area (Å²) in [5.74, 6) is 0.678. The molecular weight excluding hydrogens is 463 g/mol. The van der Waals surface area contributed by atoms with Gasteiger partial charge in [0.1, 0.15) is 6.04 Å². The van der Waals surface area contributed by atoms with E-state index in [4.69, 9.17) is 23.2 Å². The smallest absolute Gasteiger partial charge is 0.242 e. The molecule has 0 aromatic heterocycles. The highest BCUT2D eigenvalue weighted by Crippen LogP contribution is 2.28. The number of nitrogens with zero attached hydrogens (tertiary/aromatic N) is 1. The van der Waals surface area contributed by atoms with Gasteiger partial charge in [0.15, 0.2) is 0 Å². The van der Waals surface area contributed by atoms with Crippen molar-refractivity contribution in [3.63, 3.8) is 0 Å². The maximum Gasteiger partial charge on any atom is 0.242 e. The van der Waals surface area contributed by atoms with Gasteiger partial charge in [-0.05, 0) is 49.4 Å². The van der Waals surface area contributed by atoms with Crippen LogP contribution in [-0.2, 0) is 21.8 Å². The number of thioether (sulfide) groups is 1. The van der Waals surface area contributed by atoms with Crippen LogP contribution in [0, 0.1) is 0 Å². The summed E-state index contributed by atoms with van der Waals surface area (Å²) in [4.78, 5) is 27.8. The van der Waals surface area contributed by atoms with E-state index in [2.05, 4.69) is 5.32 Å². The van der Waals surface area contributed by atoms with E-state index in [0.717, 1.165) is 36.8 Å². The van der Waals surface area contributed by atoms with E-state index in [1.807, 2.05) is 37.3 Å². The van der Waals surface area contributed by atoms with Crippen LogP contribution in [0.4, 0.5) is 0 Å². The highest BCUT2D eigenvalue weighted by molar-refractivity contribution is 7.99. The number of hydrogen-bond acceptors (Lipinski definition) is 3. The van der Waals surface area contributed by atoms with Gasteiger partial charge in [-0.15, -0.1) is 11.8 Å². The Bertz CT molecular complexity index is 884. The van der Waals surface area contributed by atoms with Crippen LogP contribution < -0.4 is 5.32 Å². The zero-order valence-corrected chi connectivity index (χ0v) is 20.7. The SMILES string of the molecule is C[C@H](C(=O)NC1CCCC1)N(CCc1ccccc1)C(=O)CSCc1c(Cl)cccc1Cl. The first kappa shape index (κ1) is 24.9. The fraction of sp³-hybridized carbons (Fsp3) is 0.440. The van der Waals surface area contributed by atoms with Crippen LogP contribution in [0.15, 0.2) is 48.5 Å². The van der Waals surface area contributed by atoms with Gasteiger partial charge in [0, 0.05) is 28.4 Å². The predicted octanol–water partition coefficient (Wildman–Crippen LogP) is 5.75. The third-order valence-corrected chi connectivity index (χ3v) is 7.54. The molecule has 0 radical (unpaired) electrons. The summed E-state index contributed by atoms with van der Waals surface area (Å²) in [7, 11) is 0. The molecule has 2 amide bonds. The molecule has 1 aliphatic rings. The lowest BCUT2D eigenvalue weighted by Crippen LogP contribution is -2.51. The van der Waals surface area contributed by atoms with Crippen molar-refractivity contribution in [2.24, 2.45) is 0 Å². The van der Waals surface area contributed by atoms with Gasteiger partial charge in [-0.25, -0.2) is 0 Å². The van der Waals surface area contributed by atoms with Gasteiger partial charge in [0.25, 0.3) is 0 Å². The molecule has 1 atom stereocenters. The van der Waals surface area contributed by atoms with E-state index < -0.39 is 6.04 Å². The zero-order chi connectivity index (χ0) is 22.9.